The molecule has 6 nitrogen and oxygen atoms in total. The van der Waals surface area contributed by atoms with Crippen LogP contribution in [0.2, 0.25) is 0 Å². The molecule has 31 heavy (non-hydrogen) atoms. The molecule has 0 fully saturated rings. The molecule has 7 heteroatoms. The van der Waals surface area contributed by atoms with Crippen molar-refractivity contribution in [2.45, 2.75) is 38.1 Å². The maximum Gasteiger partial charge on any atom is 0.227 e. The van der Waals surface area contributed by atoms with Crippen LogP contribution in [-0.2, 0) is 36.0 Å². The summed E-state index contributed by atoms with van der Waals surface area (Å²) in [5, 5.41) is 0. The molecule has 1 unspecified atom stereocenters. The van der Waals surface area contributed by atoms with Crippen molar-refractivity contribution in [2.24, 2.45) is 4.36 Å². The maximum atomic E-state index is 12.5. The van der Waals surface area contributed by atoms with E-state index in [1.54, 1.807) is 18.4 Å². The molecule has 0 amide bonds. The van der Waals surface area contributed by atoms with E-state index >= 15 is 0 Å². The molecular weight excluding hydrogens is 412 g/mol. The van der Waals surface area contributed by atoms with Gasteiger partial charge in [0.2, 0.25) is 11.2 Å². The third-order valence-corrected chi connectivity index (χ3v) is 7.17. The summed E-state index contributed by atoms with van der Waals surface area (Å²) in [7, 11) is -2.37. The zero-order chi connectivity index (χ0) is 21.8. The van der Waals surface area contributed by atoms with E-state index in [0.29, 0.717) is 23.7 Å². The lowest BCUT2D eigenvalue weighted by Crippen LogP contribution is -2.17. The molecule has 2 aromatic carbocycles. The highest BCUT2D eigenvalue weighted by Gasteiger charge is 2.19. The highest BCUT2D eigenvalue weighted by atomic mass is 32.2. The predicted octanol–water partition coefficient (Wildman–Crippen LogP) is 4.21. The molecule has 0 radical (unpaired) electrons. The summed E-state index contributed by atoms with van der Waals surface area (Å²) in [6, 6.07) is 17.1. The van der Waals surface area contributed by atoms with Crippen LogP contribution in [0.1, 0.15) is 29.4 Å². The largest absolute Gasteiger partial charge is 0.482 e. The molecule has 162 valence electrons. The van der Waals surface area contributed by atoms with Gasteiger partial charge in [-0.1, -0.05) is 36.4 Å². The second-order valence-corrected chi connectivity index (χ2v) is 10.0. The molecule has 1 aromatic heterocycles. The third kappa shape index (κ3) is 5.06. The van der Waals surface area contributed by atoms with Crippen molar-refractivity contribution in [3.05, 3.63) is 93.5 Å². The number of nitrogens with zero attached hydrogens (tertiary/aromatic N) is 2. The van der Waals surface area contributed by atoms with Gasteiger partial charge in [0.25, 0.3) is 0 Å². The Balaban J connectivity index is 1.37. The van der Waals surface area contributed by atoms with Gasteiger partial charge < -0.3 is 9.15 Å². The molecule has 0 saturated heterocycles. The molecule has 2 heterocycles. The Hall–Kier alpha value is -2.90. The van der Waals surface area contributed by atoms with Gasteiger partial charge in [-0.2, -0.15) is 0 Å². The first kappa shape index (κ1) is 21.3. The van der Waals surface area contributed by atoms with Gasteiger partial charge in [-0.25, -0.2) is 8.57 Å². The van der Waals surface area contributed by atoms with Crippen molar-refractivity contribution in [2.75, 3.05) is 12.8 Å². The zero-order valence-electron chi connectivity index (χ0n) is 17.7. The molecule has 4 rings (SSSR count). The van der Waals surface area contributed by atoms with E-state index < -0.39 is 9.73 Å². The van der Waals surface area contributed by atoms with Gasteiger partial charge in [-0.05, 0) is 35.7 Å². The highest BCUT2D eigenvalue weighted by Crippen LogP contribution is 2.24. The SMILES string of the molecule is CCN=S(C)(=O)c1ccc(COc2coc(CN3Cc4ccccc4C3)cc2=O)cc1. The number of benzene rings is 2. The van der Waals surface area contributed by atoms with E-state index in [9.17, 15) is 9.00 Å². The van der Waals surface area contributed by atoms with Gasteiger partial charge in [0, 0.05) is 36.9 Å². The minimum absolute atomic E-state index is 0.179. The lowest BCUT2D eigenvalue weighted by atomic mass is 10.1. The van der Waals surface area contributed by atoms with Gasteiger partial charge >= 0.3 is 0 Å². The topological polar surface area (TPSA) is 72.1 Å². The quantitative estimate of drug-likeness (QED) is 0.553. The molecule has 1 aliphatic heterocycles. The number of rotatable bonds is 7. The molecule has 0 bridgehead atoms. The van der Waals surface area contributed by atoms with Gasteiger partial charge in [-0.15, -0.1) is 0 Å². The first-order valence-electron chi connectivity index (χ1n) is 10.2. The third-order valence-electron chi connectivity index (χ3n) is 5.27. The normalized spacial score (nSPS) is 15.3. The van der Waals surface area contributed by atoms with Crippen LogP contribution in [0.15, 0.2) is 79.3 Å². The minimum Gasteiger partial charge on any atom is -0.482 e. The number of fused-ring (bicyclic) bond motifs is 1. The summed E-state index contributed by atoms with van der Waals surface area (Å²) in [6.45, 7) is 4.88. The summed E-state index contributed by atoms with van der Waals surface area (Å²) in [4.78, 5) is 15.4. The molecule has 0 spiro atoms. The first-order chi connectivity index (χ1) is 14.9. The predicted molar refractivity (Wildman–Crippen MR) is 120 cm³/mol. The van der Waals surface area contributed by atoms with Crippen LogP contribution < -0.4 is 10.2 Å². The fourth-order valence-electron chi connectivity index (χ4n) is 3.68. The lowest BCUT2D eigenvalue weighted by molar-refractivity contribution is 0.241. The van der Waals surface area contributed by atoms with Crippen LogP contribution in [0.4, 0.5) is 0 Å². The van der Waals surface area contributed by atoms with E-state index in [-0.39, 0.29) is 17.8 Å². The second-order valence-electron chi connectivity index (χ2n) is 7.67. The number of hydrogen-bond acceptors (Lipinski definition) is 6. The molecule has 0 N–H and O–H groups in total. The maximum absolute atomic E-state index is 12.5. The first-order valence-corrected chi connectivity index (χ1v) is 12.2. The van der Waals surface area contributed by atoms with Crippen molar-refractivity contribution < 1.29 is 13.4 Å². The number of ether oxygens (including phenoxy) is 1. The summed E-state index contributed by atoms with van der Waals surface area (Å²) in [5.74, 6) is 0.796. The second kappa shape index (κ2) is 9.08. The monoisotopic (exact) mass is 438 g/mol. The van der Waals surface area contributed by atoms with Crippen molar-refractivity contribution in [1.29, 1.82) is 0 Å². The van der Waals surface area contributed by atoms with Gasteiger partial charge in [0.15, 0.2) is 0 Å². The molecule has 1 atom stereocenters. The van der Waals surface area contributed by atoms with Gasteiger partial charge in [0.1, 0.15) is 18.6 Å². The Morgan fingerprint density at radius 2 is 1.77 bits per heavy atom. The van der Waals surface area contributed by atoms with E-state index in [1.165, 1.54) is 23.5 Å². The van der Waals surface area contributed by atoms with Crippen molar-refractivity contribution in [3.8, 4) is 5.75 Å². The van der Waals surface area contributed by atoms with Crippen LogP contribution in [0.5, 0.6) is 5.75 Å². The average molecular weight is 439 g/mol. The van der Waals surface area contributed by atoms with Crippen LogP contribution >= 0.6 is 0 Å². The Morgan fingerprint density at radius 3 is 2.39 bits per heavy atom. The summed E-state index contributed by atoms with van der Waals surface area (Å²) in [5.41, 5.74) is 3.30. The van der Waals surface area contributed by atoms with Crippen LogP contribution in [0.25, 0.3) is 0 Å². The Labute approximate surface area is 182 Å². The summed E-state index contributed by atoms with van der Waals surface area (Å²) >= 11 is 0. The standard InChI is InChI=1S/C24H26N2O4S/c1-3-25-31(2,28)22-10-8-18(9-11-22)16-30-24-17-29-21(12-23(24)27)15-26-13-19-6-4-5-7-20(19)14-26/h4-12,17H,3,13-16H2,1-2H3. The fourth-order valence-corrected chi connectivity index (χ4v) is 4.97. The Bertz CT molecular complexity index is 1220. The molecule has 3 aromatic rings. The van der Waals surface area contributed by atoms with Gasteiger partial charge in [0.05, 0.1) is 16.3 Å². The van der Waals surface area contributed by atoms with Gasteiger partial charge in [-0.3, -0.25) is 9.69 Å². The smallest absolute Gasteiger partial charge is 0.227 e. The van der Waals surface area contributed by atoms with Crippen molar-refractivity contribution >= 4 is 9.73 Å². The van der Waals surface area contributed by atoms with E-state index in [1.807, 2.05) is 31.2 Å². The Morgan fingerprint density at radius 1 is 1.10 bits per heavy atom. The highest BCUT2D eigenvalue weighted by molar-refractivity contribution is 7.93. The van der Waals surface area contributed by atoms with Crippen LogP contribution in [0, 0.1) is 0 Å². The van der Waals surface area contributed by atoms with Crippen molar-refractivity contribution in [1.82, 2.24) is 4.90 Å². The van der Waals surface area contributed by atoms with Crippen LogP contribution in [-0.4, -0.2) is 21.9 Å². The molecule has 1 aliphatic rings. The molecule has 0 saturated carbocycles. The number of hydrogen-bond donors (Lipinski definition) is 0. The van der Waals surface area contributed by atoms with Crippen molar-refractivity contribution in [3.63, 3.8) is 0 Å². The minimum atomic E-state index is -2.37. The average Bonchev–Trinajstić information content (AvgIpc) is 3.16. The van der Waals surface area contributed by atoms with E-state index in [2.05, 4.69) is 21.4 Å². The Kier molecular flexibility index (Phi) is 6.25. The van der Waals surface area contributed by atoms with Crippen LogP contribution in [0.3, 0.4) is 0 Å². The fraction of sp³-hybridized carbons (Fsp3) is 0.292. The molecule has 0 aliphatic carbocycles. The summed E-state index contributed by atoms with van der Waals surface area (Å²) < 4.78 is 28.0. The summed E-state index contributed by atoms with van der Waals surface area (Å²) in [6.07, 6.45) is 3.02. The lowest BCUT2D eigenvalue weighted by Gasteiger charge is -2.14. The van der Waals surface area contributed by atoms with E-state index in [0.717, 1.165) is 18.7 Å². The molecular formula is C24H26N2O4S. The zero-order valence-corrected chi connectivity index (χ0v) is 18.6. The van der Waals surface area contributed by atoms with E-state index in [4.69, 9.17) is 9.15 Å².